The maximum Gasteiger partial charge on any atom is 0.328 e. The van der Waals surface area contributed by atoms with Crippen molar-refractivity contribution >= 4 is 17.6 Å². The van der Waals surface area contributed by atoms with Gasteiger partial charge >= 0.3 is 5.97 Å². The summed E-state index contributed by atoms with van der Waals surface area (Å²) in [7, 11) is 1.35. The van der Waals surface area contributed by atoms with E-state index >= 15 is 0 Å². The molecule has 1 aliphatic carbocycles. The first kappa shape index (κ1) is 20.9. The Bertz CT molecular complexity index is 812. The molecule has 2 aromatic carbocycles. The maximum absolute atomic E-state index is 13.3. The molecule has 5 nitrogen and oxygen atoms in total. The van der Waals surface area contributed by atoms with Crippen LogP contribution in [0.25, 0.3) is 0 Å². The molecule has 2 aromatic rings. The lowest BCUT2D eigenvalue weighted by Crippen LogP contribution is -2.49. The van der Waals surface area contributed by atoms with Crippen LogP contribution in [0.5, 0.6) is 0 Å². The van der Waals surface area contributed by atoms with Gasteiger partial charge in [0.05, 0.1) is 7.11 Å². The largest absolute Gasteiger partial charge is 0.467 e. The molecular formula is C24H30N2O3. The highest BCUT2D eigenvalue weighted by Crippen LogP contribution is 2.42. The summed E-state index contributed by atoms with van der Waals surface area (Å²) in [5, 5.41) is 3.01. The Morgan fingerprint density at radius 2 is 1.69 bits per heavy atom. The first-order valence-electron chi connectivity index (χ1n) is 10.3. The summed E-state index contributed by atoms with van der Waals surface area (Å²) >= 11 is 0. The van der Waals surface area contributed by atoms with Crippen LogP contribution in [0.2, 0.25) is 0 Å². The normalized spacial score (nSPS) is 16.2. The molecule has 0 saturated heterocycles. The van der Waals surface area contributed by atoms with E-state index in [0.717, 1.165) is 44.1 Å². The number of aryl methyl sites for hydroxylation is 1. The number of rotatable bonds is 8. The summed E-state index contributed by atoms with van der Waals surface area (Å²) in [6.07, 6.45) is 5.84. The van der Waals surface area contributed by atoms with Gasteiger partial charge in [-0.2, -0.15) is 0 Å². The van der Waals surface area contributed by atoms with Crippen molar-refractivity contribution in [3.8, 4) is 0 Å². The fraction of sp³-hybridized carbons (Fsp3) is 0.417. The Hall–Kier alpha value is -2.82. The van der Waals surface area contributed by atoms with Gasteiger partial charge in [0, 0.05) is 17.5 Å². The van der Waals surface area contributed by atoms with Gasteiger partial charge < -0.3 is 15.8 Å². The molecule has 1 fully saturated rings. The Morgan fingerprint density at radius 3 is 2.31 bits per heavy atom. The number of ether oxygens (including phenoxy) is 1. The summed E-state index contributed by atoms with van der Waals surface area (Å²) in [6, 6.07) is 16.9. The van der Waals surface area contributed by atoms with E-state index < -0.39 is 17.4 Å². The number of esters is 1. The first-order chi connectivity index (χ1) is 14.0. The zero-order chi connectivity index (χ0) is 20.7. The highest BCUT2D eigenvalue weighted by atomic mass is 16.5. The van der Waals surface area contributed by atoms with E-state index in [1.54, 1.807) is 12.1 Å². The molecular weight excluding hydrogens is 364 g/mol. The monoisotopic (exact) mass is 394 g/mol. The number of hydrogen-bond acceptors (Lipinski definition) is 4. The SMILES string of the molecule is COC(=O)[C@H](Cc1ccc(N)cc1)NC(=O)C1(CCc2ccccc2)CCCC1. The second-order valence-corrected chi connectivity index (χ2v) is 7.97. The third kappa shape index (κ3) is 5.37. The molecule has 3 rings (SSSR count). The smallest absolute Gasteiger partial charge is 0.328 e. The van der Waals surface area contributed by atoms with Crippen LogP contribution in [0.1, 0.15) is 43.2 Å². The van der Waals surface area contributed by atoms with Gasteiger partial charge in [-0.05, 0) is 48.9 Å². The molecule has 1 aliphatic rings. The van der Waals surface area contributed by atoms with Crippen LogP contribution in [-0.2, 0) is 27.2 Å². The Balaban J connectivity index is 1.71. The maximum atomic E-state index is 13.3. The van der Waals surface area contributed by atoms with Gasteiger partial charge in [-0.15, -0.1) is 0 Å². The summed E-state index contributed by atoms with van der Waals surface area (Å²) in [6.45, 7) is 0. The number of nitrogens with two attached hydrogens (primary N) is 1. The van der Waals surface area contributed by atoms with Gasteiger partial charge in [0.1, 0.15) is 6.04 Å². The molecule has 29 heavy (non-hydrogen) atoms. The molecule has 0 spiro atoms. The fourth-order valence-corrected chi connectivity index (χ4v) is 4.21. The van der Waals surface area contributed by atoms with E-state index in [0.29, 0.717) is 12.1 Å². The Kier molecular flexibility index (Phi) is 6.91. The van der Waals surface area contributed by atoms with Crippen molar-refractivity contribution in [3.63, 3.8) is 0 Å². The van der Waals surface area contributed by atoms with Gasteiger partial charge in [-0.1, -0.05) is 55.3 Å². The number of nitrogens with one attached hydrogen (secondary N) is 1. The first-order valence-corrected chi connectivity index (χ1v) is 10.3. The van der Waals surface area contributed by atoms with Crippen molar-refractivity contribution in [3.05, 3.63) is 65.7 Å². The Morgan fingerprint density at radius 1 is 1.03 bits per heavy atom. The topological polar surface area (TPSA) is 81.4 Å². The molecule has 1 saturated carbocycles. The molecule has 1 amide bonds. The number of nitrogen functional groups attached to an aromatic ring is 1. The number of carbonyl (C=O) groups excluding carboxylic acids is 2. The van der Waals surface area contributed by atoms with Crippen molar-refractivity contribution < 1.29 is 14.3 Å². The molecule has 0 heterocycles. The van der Waals surface area contributed by atoms with E-state index in [4.69, 9.17) is 10.5 Å². The van der Waals surface area contributed by atoms with E-state index in [1.807, 2.05) is 30.3 Å². The van der Waals surface area contributed by atoms with Gasteiger partial charge in [-0.3, -0.25) is 4.79 Å². The zero-order valence-corrected chi connectivity index (χ0v) is 17.0. The van der Waals surface area contributed by atoms with Gasteiger partial charge in [0.25, 0.3) is 0 Å². The van der Waals surface area contributed by atoms with Crippen LogP contribution >= 0.6 is 0 Å². The predicted octanol–water partition coefficient (Wildman–Crippen LogP) is 3.66. The predicted molar refractivity (Wildman–Crippen MR) is 114 cm³/mol. The number of anilines is 1. The highest BCUT2D eigenvalue weighted by molar-refractivity contribution is 5.88. The van der Waals surface area contributed by atoms with E-state index in [1.165, 1.54) is 12.7 Å². The van der Waals surface area contributed by atoms with Crippen LogP contribution in [0.4, 0.5) is 5.69 Å². The third-order valence-corrected chi connectivity index (χ3v) is 5.99. The Labute approximate surface area is 172 Å². The van der Waals surface area contributed by atoms with Crippen LogP contribution in [0, 0.1) is 5.41 Å². The second-order valence-electron chi connectivity index (χ2n) is 7.97. The molecule has 0 radical (unpaired) electrons. The molecule has 1 atom stereocenters. The molecule has 0 unspecified atom stereocenters. The summed E-state index contributed by atoms with van der Waals surface area (Å²) in [4.78, 5) is 25.7. The van der Waals surface area contributed by atoms with Crippen LogP contribution in [0.3, 0.4) is 0 Å². The molecule has 154 valence electrons. The average Bonchev–Trinajstić information content (AvgIpc) is 3.24. The molecule has 3 N–H and O–H groups in total. The number of amides is 1. The van der Waals surface area contributed by atoms with Crippen LogP contribution < -0.4 is 11.1 Å². The van der Waals surface area contributed by atoms with Crippen LogP contribution in [0.15, 0.2) is 54.6 Å². The van der Waals surface area contributed by atoms with Crippen LogP contribution in [-0.4, -0.2) is 25.0 Å². The second kappa shape index (κ2) is 9.59. The lowest BCUT2D eigenvalue weighted by molar-refractivity contribution is -0.146. The third-order valence-electron chi connectivity index (χ3n) is 5.99. The van der Waals surface area contributed by atoms with Crippen molar-refractivity contribution in [2.75, 3.05) is 12.8 Å². The lowest BCUT2D eigenvalue weighted by Gasteiger charge is -2.30. The lowest BCUT2D eigenvalue weighted by atomic mass is 9.79. The van der Waals surface area contributed by atoms with Crippen molar-refractivity contribution in [2.24, 2.45) is 5.41 Å². The van der Waals surface area contributed by atoms with Crippen molar-refractivity contribution in [1.82, 2.24) is 5.32 Å². The highest BCUT2D eigenvalue weighted by Gasteiger charge is 2.42. The standard InChI is InChI=1S/C24H30N2O3/c1-29-22(27)21(17-19-9-11-20(25)12-10-19)26-23(28)24(14-5-6-15-24)16-13-18-7-3-2-4-8-18/h2-4,7-12,21H,5-6,13-17,25H2,1H3,(H,26,28)/t21-/m0/s1. The molecule has 0 aromatic heterocycles. The van der Waals surface area contributed by atoms with Gasteiger partial charge in [0.15, 0.2) is 0 Å². The van der Waals surface area contributed by atoms with Gasteiger partial charge in [-0.25, -0.2) is 4.79 Å². The number of hydrogen-bond donors (Lipinski definition) is 2. The van der Waals surface area contributed by atoms with Crippen molar-refractivity contribution in [2.45, 2.75) is 51.0 Å². The minimum atomic E-state index is -0.703. The minimum Gasteiger partial charge on any atom is -0.467 e. The number of carbonyl (C=O) groups is 2. The van der Waals surface area contributed by atoms with E-state index in [-0.39, 0.29) is 5.91 Å². The van der Waals surface area contributed by atoms with Gasteiger partial charge in [0.2, 0.25) is 5.91 Å². The summed E-state index contributed by atoms with van der Waals surface area (Å²) in [5.41, 5.74) is 8.16. The number of benzene rings is 2. The van der Waals surface area contributed by atoms with Crippen molar-refractivity contribution in [1.29, 1.82) is 0 Å². The average molecular weight is 395 g/mol. The minimum absolute atomic E-state index is 0.0308. The molecule has 5 heteroatoms. The van der Waals surface area contributed by atoms with E-state index in [2.05, 4.69) is 17.4 Å². The molecule has 0 bridgehead atoms. The molecule has 0 aliphatic heterocycles. The number of methoxy groups -OCH3 is 1. The fourth-order valence-electron chi connectivity index (χ4n) is 4.21. The zero-order valence-electron chi connectivity index (χ0n) is 17.0. The summed E-state index contributed by atoms with van der Waals surface area (Å²) < 4.78 is 4.96. The quantitative estimate of drug-likeness (QED) is 0.529. The van der Waals surface area contributed by atoms with E-state index in [9.17, 15) is 9.59 Å². The summed E-state index contributed by atoms with van der Waals surface area (Å²) in [5.74, 6) is -0.455.